The third-order valence-electron chi connectivity index (χ3n) is 3.68. The van der Waals surface area contributed by atoms with E-state index in [4.69, 9.17) is 21.1 Å². The highest BCUT2D eigenvalue weighted by molar-refractivity contribution is 6.32. The number of amides is 1. The van der Waals surface area contributed by atoms with Crippen LogP contribution < -0.4 is 14.8 Å². The minimum absolute atomic E-state index is 0.00239. The SMILES string of the molecule is CC(Cn1ccnc1)NC(=O)Cc1cc(Cl)c2c(c1)OCCCO2. The Morgan fingerprint density at radius 3 is 3.04 bits per heavy atom. The fourth-order valence-electron chi connectivity index (χ4n) is 2.65. The van der Waals surface area contributed by atoms with Gasteiger partial charge in [0.05, 0.1) is 31.0 Å². The molecular formula is C17H20ClN3O3. The van der Waals surface area contributed by atoms with Gasteiger partial charge in [0.2, 0.25) is 5.91 Å². The van der Waals surface area contributed by atoms with Crippen LogP contribution in [0, 0.1) is 0 Å². The van der Waals surface area contributed by atoms with Crippen molar-refractivity contribution in [1.82, 2.24) is 14.9 Å². The van der Waals surface area contributed by atoms with Crippen molar-refractivity contribution in [2.45, 2.75) is 32.4 Å². The number of rotatable bonds is 5. The van der Waals surface area contributed by atoms with Crippen LogP contribution in [0.5, 0.6) is 11.5 Å². The molecule has 1 aromatic heterocycles. The first-order chi connectivity index (χ1) is 11.6. The molecule has 1 aromatic carbocycles. The molecule has 1 aliphatic heterocycles. The molecule has 2 aromatic rings. The molecule has 1 N–H and O–H groups in total. The van der Waals surface area contributed by atoms with Gasteiger partial charge in [-0.2, -0.15) is 0 Å². The molecule has 1 aliphatic rings. The van der Waals surface area contributed by atoms with Gasteiger partial charge < -0.3 is 19.4 Å². The van der Waals surface area contributed by atoms with Crippen LogP contribution in [0.15, 0.2) is 30.9 Å². The topological polar surface area (TPSA) is 65.4 Å². The molecule has 24 heavy (non-hydrogen) atoms. The van der Waals surface area contributed by atoms with Crippen molar-refractivity contribution in [1.29, 1.82) is 0 Å². The van der Waals surface area contributed by atoms with Gasteiger partial charge in [-0.1, -0.05) is 11.6 Å². The second-order valence-electron chi connectivity index (χ2n) is 5.86. The summed E-state index contributed by atoms with van der Waals surface area (Å²) in [5.74, 6) is 1.11. The number of ether oxygens (including phenoxy) is 2. The highest BCUT2D eigenvalue weighted by Gasteiger charge is 2.17. The Balaban J connectivity index is 1.62. The van der Waals surface area contributed by atoms with Crippen molar-refractivity contribution in [2.24, 2.45) is 0 Å². The Morgan fingerprint density at radius 1 is 1.42 bits per heavy atom. The van der Waals surface area contributed by atoms with Crippen LogP contribution in [0.4, 0.5) is 0 Å². The molecule has 1 unspecified atom stereocenters. The first kappa shape index (κ1) is 16.6. The smallest absolute Gasteiger partial charge is 0.224 e. The lowest BCUT2D eigenvalue weighted by atomic mass is 10.1. The van der Waals surface area contributed by atoms with Crippen LogP contribution in [0.25, 0.3) is 0 Å². The average Bonchev–Trinajstić information content (AvgIpc) is 2.90. The van der Waals surface area contributed by atoms with E-state index >= 15 is 0 Å². The van der Waals surface area contributed by atoms with Crippen LogP contribution in [-0.4, -0.2) is 34.7 Å². The average molecular weight is 350 g/mol. The third kappa shape index (κ3) is 4.20. The number of carbonyl (C=O) groups is 1. The lowest BCUT2D eigenvalue weighted by molar-refractivity contribution is -0.121. The van der Waals surface area contributed by atoms with Gasteiger partial charge in [0, 0.05) is 31.4 Å². The fourth-order valence-corrected chi connectivity index (χ4v) is 2.94. The molecule has 0 fully saturated rings. The molecule has 0 radical (unpaired) electrons. The summed E-state index contributed by atoms with van der Waals surface area (Å²) >= 11 is 6.26. The molecule has 6 nitrogen and oxygen atoms in total. The van der Waals surface area contributed by atoms with E-state index in [1.165, 1.54) is 0 Å². The highest BCUT2D eigenvalue weighted by atomic mass is 35.5. The lowest BCUT2D eigenvalue weighted by Crippen LogP contribution is -2.36. The molecule has 0 aliphatic carbocycles. The van der Waals surface area contributed by atoms with Gasteiger partial charge >= 0.3 is 0 Å². The quantitative estimate of drug-likeness (QED) is 0.900. The van der Waals surface area contributed by atoms with E-state index in [1.807, 2.05) is 23.8 Å². The Labute approximate surface area is 145 Å². The molecule has 1 amide bonds. The molecule has 7 heteroatoms. The van der Waals surface area contributed by atoms with Gasteiger partial charge in [0.15, 0.2) is 11.5 Å². The standard InChI is InChI=1S/C17H20ClN3O3/c1-12(10-21-4-3-19-11-21)20-16(22)9-13-7-14(18)17-15(8-13)23-5-2-6-24-17/h3-4,7-8,11-12H,2,5-6,9-10H2,1H3,(H,20,22). The minimum atomic E-state index is -0.0619. The number of nitrogens with one attached hydrogen (secondary N) is 1. The maximum atomic E-state index is 12.2. The maximum absolute atomic E-state index is 12.2. The molecule has 0 saturated heterocycles. The molecule has 0 saturated carbocycles. The Kier molecular flexibility index (Phi) is 5.25. The van der Waals surface area contributed by atoms with Crippen molar-refractivity contribution in [3.63, 3.8) is 0 Å². The van der Waals surface area contributed by atoms with Crippen molar-refractivity contribution in [2.75, 3.05) is 13.2 Å². The number of benzene rings is 1. The Bertz CT molecular complexity index is 703. The number of aromatic nitrogens is 2. The fraction of sp³-hybridized carbons (Fsp3) is 0.412. The summed E-state index contributed by atoms with van der Waals surface area (Å²) in [6.07, 6.45) is 6.37. The summed E-state index contributed by atoms with van der Waals surface area (Å²) in [7, 11) is 0. The number of imidazole rings is 1. The normalized spacial score (nSPS) is 14.8. The van der Waals surface area contributed by atoms with E-state index in [0.29, 0.717) is 36.3 Å². The van der Waals surface area contributed by atoms with E-state index in [-0.39, 0.29) is 18.4 Å². The summed E-state index contributed by atoms with van der Waals surface area (Å²) in [5.41, 5.74) is 0.802. The number of fused-ring (bicyclic) bond motifs is 1. The van der Waals surface area contributed by atoms with Gasteiger partial charge in [0.25, 0.3) is 0 Å². The van der Waals surface area contributed by atoms with Crippen LogP contribution in [0.2, 0.25) is 5.02 Å². The zero-order valence-electron chi connectivity index (χ0n) is 13.5. The molecule has 128 valence electrons. The molecular weight excluding hydrogens is 330 g/mol. The summed E-state index contributed by atoms with van der Waals surface area (Å²) in [6.45, 7) is 3.80. The zero-order chi connectivity index (χ0) is 16.9. The molecule has 2 heterocycles. The Hall–Kier alpha value is -2.21. The number of hydrogen-bond donors (Lipinski definition) is 1. The van der Waals surface area contributed by atoms with Gasteiger partial charge in [-0.3, -0.25) is 4.79 Å². The van der Waals surface area contributed by atoms with Gasteiger partial charge in [-0.15, -0.1) is 0 Å². The highest BCUT2D eigenvalue weighted by Crippen LogP contribution is 2.38. The predicted octanol–water partition coefficient (Wildman–Crippen LogP) is 2.45. The van der Waals surface area contributed by atoms with E-state index in [9.17, 15) is 4.79 Å². The summed E-state index contributed by atoms with van der Waals surface area (Å²) in [6, 6.07) is 3.59. The van der Waals surface area contributed by atoms with Crippen LogP contribution in [-0.2, 0) is 17.8 Å². The van der Waals surface area contributed by atoms with E-state index < -0.39 is 0 Å². The number of halogens is 1. The number of carbonyl (C=O) groups excluding carboxylic acids is 1. The summed E-state index contributed by atoms with van der Waals surface area (Å²) in [5, 5.41) is 3.45. The number of nitrogens with zero attached hydrogens (tertiary/aromatic N) is 2. The van der Waals surface area contributed by atoms with Crippen LogP contribution >= 0.6 is 11.6 Å². The van der Waals surface area contributed by atoms with Crippen molar-refractivity contribution in [3.8, 4) is 11.5 Å². The van der Waals surface area contributed by atoms with Crippen molar-refractivity contribution in [3.05, 3.63) is 41.4 Å². The minimum Gasteiger partial charge on any atom is -0.489 e. The molecule has 3 rings (SSSR count). The van der Waals surface area contributed by atoms with Crippen LogP contribution in [0.3, 0.4) is 0 Å². The van der Waals surface area contributed by atoms with Crippen molar-refractivity contribution >= 4 is 17.5 Å². The molecule has 0 spiro atoms. The van der Waals surface area contributed by atoms with Gasteiger partial charge in [0.1, 0.15) is 0 Å². The summed E-state index contributed by atoms with van der Waals surface area (Å²) in [4.78, 5) is 16.2. The van der Waals surface area contributed by atoms with E-state index in [1.54, 1.807) is 18.6 Å². The maximum Gasteiger partial charge on any atom is 0.224 e. The van der Waals surface area contributed by atoms with Crippen molar-refractivity contribution < 1.29 is 14.3 Å². The largest absolute Gasteiger partial charge is 0.489 e. The third-order valence-corrected chi connectivity index (χ3v) is 3.96. The van der Waals surface area contributed by atoms with Crippen LogP contribution in [0.1, 0.15) is 18.9 Å². The molecule has 0 bridgehead atoms. The second-order valence-corrected chi connectivity index (χ2v) is 6.27. The predicted molar refractivity (Wildman–Crippen MR) is 90.6 cm³/mol. The van der Waals surface area contributed by atoms with Gasteiger partial charge in [-0.25, -0.2) is 4.98 Å². The molecule has 1 atom stereocenters. The van der Waals surface area contributed by atoms with Gasteiger partial charge in [-0.05, 0) is 24.6 Å². The lowest BCUT2D eigenvalue weighted by Gasteiger charge is -2.15. The monoisotopic (exact) mass is 349 g/mol. The summed E-state index contributed by atoms with van der Waals surface area (Å²) < 4.78 is 13.2. The zero-order valence-corrected chi connectivity index (χ0v) is 14.3. The second kappa shape index (κ2) is 7.57. The first-order valence-corrected chi connectivity index (χ1v) is 8.33. The number of hydrogen-bond acceptors (Lipinski definition) is 4. The first-order valence-electron chi connectivity index (χ1n) is 7.95. The van der Waals surface area contributed by atoms with E-state index in [2.05, 4.69) is 10.3 Å². The Morgan fingerprint density at radius 2 is 2.25 bits per heavy atom. The van der Waals surface area contributed by atoms with E-state index in [0.717, 1.165) is 12.0 Å².